The highest BCUT2D eigenvalue weighted by atomic mass is 16.5. The Balaban J connectivity index is 1.44. The van der Waals surface area contributed by atoms with Crippen LogP contribution in [0.2, 0.25) is 0 Å². The number of benzene rings is 2. The van der Waals surface area contributed by atoms with Crippen LogP contribution in [0.1, 0.15) is 39.4 Å². The lowest BCUT2D eigenvalue weighted by molar-refractivity contribution is -0.119. The number of para-hydroxylation sites is 1. The van der Waals surface area contributed by atoms with Crippen LogP contribution in [0.25, 0.3) is 22.6 Å². The molecule has 0 saturated heterocycles. The van der Waals surface area contributed by atoms with Crippen molar-refractivity contribution in [1.82, 2.24) is 10.1 Å². The van der Waals surface area contributed by atoms with Crippen molar-refractivity contribution >= 4 is 40.2 Å². The van der Waals surface area contributed by atoms with Crippen LogP contribution in [0.5, 0.6) is 0 Å². The number of allylic oxidation sites excluding steroid dienone is 1. The van der Waals surface area contributed by atoms with Crippen LogP contribution in [-0.4, -0.2) is 28.6 Å². The number of aryl methyl sites for hydroxylation is 1. The molecule has 33 heavy (non-hydrogen) atoms. The monoisotopic (exact) mass is 439 g/mol. The SMILES string of the molecule is Cc1cc(NC(=O)COC(=O)c2c3c(nc4ccccc24)/C(=C/c2ccccc2)CC3)no1. The first-order valence-electron chi connectivity index (χ1n) is 10.7. The largest absolute Gasteiger partial charge is 0.452 e. The first-order valence-corrected chi connectivity index (χ1v) is 10.7. The second-order valence-electron chi connectivity index (χ2n) is 7.86. The summed E-state index contributed by atoms with van der Waals surface area (Å²) in [4.78, 5) is 30.2. The maximum atomic E-state index is 13.2. The van der Waals surface area contributed by atoms with Crippen molar-refractivity contribution in [1.29, 1.82) is 0 Å². The molecule has 1 aliphatic carbocycles. The van der Waals surface area contributed by atoms with Gasteiger partial charge in [-0.15, -0.1) is 0 Å². The van der Waals surface area contributed by atoms with E-state index in [1.54, 1.807) is 13.0 Å². The number of esters is 1. The number of rotatable bonds is 5. The number of nitrogens with one attached hydrogen (secondary N) is 1. The molecule has 1 N–H and O–H groups in total. The number of hydrogen-bond acceptors (Lipinski definition) is 6. The molecule has 0 radical (unpaired) electrons. The molecule has 1 amide bonds. The zero-order valence-electron chi connectivity index (χ0n) is 18.0. The molecule has 7 heteroatoms. The molecule has 2 aromatic heterocycles. The fraction of sp³-hybridized carbons (Fsp3) is 0.154. The van der Waals surface area contributed by atoms with Gasteiger partial charge in [0, 0.05) is 11.5 Å². The highest BCUT2D eigenvalue weighted by molar-refractivity contribution is 6.08. The number of ether oxygens (including phenoxy) is 1. The van der Waals surface area contributed by atoms with E-state index in [-0.39, 0.29) is 5.82 Å². The van der Waals surface area contributed by atoms with Gasteiger partial charge in [0.2, 0.25) is 0 Å². The first kappa shape index (κ1) is 20.6. The van der Waals surface area contributed by atoms with E-state index in [2.05, 4.69) is 16.5 Å². The first-order chi connectivity index (χ1) is 16.1. The molecule has 0 atom stereocenters. The fourth-order valence-electron chi connectivity index (χ4n) is 4.07. The Bertz CT molecular complexity index is 1390. The van der Waals surface area contributed by atoms with Gasteiger partial charge < -0.3 is 14.6 Å². The lowest BCUT2D eigenvalue weighted by atomic mass is 10.0. The van der Waals surface area contributed by atoms with E-state index in [4.69, 9.17) is 14.2 Å². The Labute approximate surface area is 190 Å². The van der Waals surface area contributed by atoms with E-state index < -0.39 is 18.5 Å². The summed E-state index contributed by atoms with van der Waals surface area (Å²) >= 11 is 0. The Morgan fingerprint density at radius 2 is 1.88 bits per heavy atom. The van der Waals surface area contributed by atoms with Crippen LogP contribution in [0, 0.1) is 6.92 Å². The minimum atomic E-state index is -0.544. The van der Waals surface area contributed by atoms with Gasteiger partial charge in [-0.25, -0.2) is 9.78 Å². The van der Waals surface area contributed by atoms with E-state index in [1.807, 2.05) is 54.6 Å². The standard InChI is InChI=1S/C26H21N3O4/c1-16-13-22(29-33-16)28-23(30)15-32-26(31)24-19-9-5-6-10-21(19)27-25-18(11-12-20(24)25)14-17-7-3-2-4-8-17/h2-10,13-14H,11-12,15H2,1H3,(H,28,29,30)/b18-14+. The molecule has 164 valence electrons. The third kappa shape index (κ3) is 4.25. The van der Waals surface area contributed by atoms with Crippen LogP contribution in [-0.2, 0) is 16.0 Å². The number of fused-ring (bicyclic) bond motifs is 2. The van der Waals surface area contributed by atoms with E-state index >= 15 is 0 Å². The molecule has 0 aliphatic heterocycles. The number of carbonyl (C=O) groups excluding carboxylic acids is 2. The summed E-state index contributed by atoms with van der Waals surface area (Å²) in [6, 6.07) is 19.1. The minimum absolute atomic E-state index is 0.277. The normalized spacial score (nSPS) is 13.8. The third-order valence-corrected chi connectivity index (χ3v) is 5.52. The van der Waals surface area contributed by atoms with Gasteiger partial charge in [-0.3, -0.25) is 4.79 Å². The lowest BCUT2D eigenvalue weighted by Crippen LogP contribution is -2.22. The highest BCUT2D eigenvalue weighted by Gasteiger charge is 2.28. The average molecular weight is 439 g/mol. The van der Waals surface area contributed by atoms with Crippen LogP contribution in [0.3, 0.4) is 0 Å². The van der Waals surface area contributed by atoms with E-state index in [0.717, 1.165) is 34.2 Å². The summed E-state index contributed by atoms with van der Waals surface area (Å²) in [7, 11) is 0. The summed E-state index contributed by atoms with van der Waals surface area (Å²) in [5, 5.41) is 6.98. The van der Waals surface area contributed by atoms with E-state index in [9.17, 15) is 9.59 Å². The molecule has 2 aromatic carbocycles. The Morgan fingerprint density at radius 1 is 1.09 bits per heavy atom. The molecule has 0 spiro atoms. The summed E-state index contributed by atoms with van der Waals surface area (Å²) in [6.07, 6.45) is 3.57. The van der Waals surface area contributed by atoms with Gasteiger partial charge in [-0.1, -0.05) is 53.7 Å². The average Bonchev–Trinajstić information content (AvgIpc) is 3.42. The summed E-state index contributed by atoms with van der Waals surface area (Å²) in [5.74, 6) is -0.186. The molecular weight excluding hydrogens is 418 g/mol. The number of hydrogen-bond donors (Lipinski definition) is 1. The molecule has 1 aliphatic rings. The molecule has 0 fully saturated rings. The van der Waals surface area contributed by atoms with Gasteiger partial charge in [-0.05, 0) is 48.6 Å². The Morgan fingerprint density at radius 3 is 2.67 bits per heavy atom. The zero-order valence-corrected chi connectivity index (χ0v) is 18.0. The second kappa shape index (κ2) is 8.70. The van der Waals surface area contributed by atoms with Crippen molar-refractivity contribution < 1.29 is 18.8 Å². The summed E-state index contributed by atoms with van der Waals surface area (Å²) in [5.41, 5.74) is 5.01. The number of amides is 1. The fourth-order valence-corrected chi connectivity index (χ4v) is 4.07. The van der Waals surface area contributed by atoms with Gasteiger partial charge >= 0.3 is 5.97 Å². The Hall–Kier alpha value is -4.26. The quantitative estimate of drug-likeness (QED) is 0.448. The molecule has 5 rings (SSSR count). The van der Waals surface area contributed by atoms with Crippen LogP contribution in [0.15, 0.2) is 65.2 Å². The van der Waals surface area contributed by atoms with Crippen molar-refractivity contribution in [3.8, 4) is 0 Å². The van der Waals surface area contributed by atoms with Crippen LogP contribution in [0.4, 0.5) is 5.82 Å². The van der Waals surface area contributed by atoms with Gasteiger partial charge in [0.15, 0.2) is 12.4 Å². The molecule has 2 heterocycles. The second-order valence-corrected chi connectivity index (χ2v) is 7.86. The van der Waals surface area contributed by atoms with Gasteiger partial charge in [0.1, 0.15) is 5.76 Å². The highest BCUT2D eigenvalue weighted by Crippen LogP contribution is 2.37. The Kier molecular flexibility index (Phi) is 5.44. The zero-order chi connectivity index (χ0) is 22.8. The van der Waals surface area contributed by atoms with Crippen molar-refractivity contribution in [2.24, 2.45) is 0 Å². The predicted octanol–water partition coefficient (Wildman–Crippen LogP) is 4.81. The van der Waals surface area contributed by atoms with Crippen molar-refractivity contribution in [2.75, 3.05) is 11.9 Å². The van der Waals surface area contributed by atoms with Crippen molar-refractivity contribution in [2.45, 2.75) is 19.8 Å². The number of aromatic nitrogens is 2. The van der Waals surface area contributed by atoms with Gasteiger partial charge in [0.05, 0.1) is 16.8 Å². The third-order valence-electron chi connectivity index (χ3n) is 5.52. The summed E-state index contributed by atoms with van der Waals surface area (Å²) in [6.45, 7) is 1.29. The number of carbonyl (C=O) groups is 2. The topological polar surface area (TPSA) is 94.3 Å². The van der Waals surface area contributed by atoms with E-state index in [0.29, 0.717) is 23.3 Å². The maximum Gasteiger partial charge on any atom is 0.339 e. The molecule has 0 saturated carbocycles. The predicted molar refractivity (Wildman–Crippen MR) is 125 cm³/mol. The van der Waals surface area contributed by atoms with Crippen LogP contribution >= 0.6 is 0 Å². The summed E-state index contributed by atoms with van der Waals surface area (Å²) < 4.78 is 10.3. The lowest BCUT2D eigenvalue weighted by Gasteiger charge is -2.12. The van der Waals surface area contributed by atoms with Crippen molar-refractivity contribution in [3.63, 3.8) is 0 Å². The number of nitrogens with zero attached hydrogens (tertiary/aromatic N) is 2. The van der Waals surface area contributed by atoms with Crippen LogP contribution < -0.4 is 5.32 Å². The van der Waals surface area contributed by atoms with E-state index in [1.165, 1.54) is 0 Å². The number of anilines is 1. The molecule has 7 nitrogen and oxygen atoms in total. The smallest absolute Gasteiger partial charge is 0.339 e. The molecular formula is C26H21N3O4. The van der Waals surface area contributed by atoms with Gasteiger partial charge in [-0.2, -0.15) is 0 Å². The molecule has 0 unspecified atom stereocenters. The van der Waals surface area contributed by atoms with Crippen molar-refractivity contribution in [3.05, 3.63) is 88.8 Å². The maximum absolute atomic E-state index is 13.2. The molecule has 0 bridgehead atoms. The minimum Gasteiger partial charge on any atom is -0.452 e. The van der Waals surface area contributed by atoms with Gasteiger partial charge in [0.25, 0.3) is 5.91 Å². The molecule has 4 aromatic rings. The number of pyridine rings is 1.